The molecule has 120 valence electrons. The molecule has 2 aromatic carbocycles. The Balaban J connectivity index is 1.76. The van der Waals surface area contributed by atoms with Crippen LogP contribution in [0.3, 0.4) is 0 Å². The van der Waals surface area contributed by atoms with Gasteiger partial charge in [-0.1, -0.05) is 36.4 Å². The van der Waals surface area contributed by atoms with Crippen molar-refractivity contribution in [1.29, 1.82) is 0 Å². The van der Waals surface area contributed by atoms with Gasteiger partial charge in [-0.05, 0) is 42.8 Å². The molecular formula is C20H18N2O2. The Kier molecular flexibility index (Phi) is 4.57. The van der Waals surface area contributed by atoms with Crippen molar-refractivity contribution in [3.63, 3.8) is 0 Å². The van der Waals surface area contributed by atoms with Gasteiger partial charge in [0.2, 0.25) is 5.78 Å². The van der Waals surface area contributed by atoms with Gasteiger partial charge in [0.05, 0.1) is 5.69 Å². The molecule has 0 spiro atoms. The molecule has 0 aliphatic carbocycles. The van der Waals surface area contributed by atoms with Gasteiger partial charge < -0.3 is 10.5 Å². The van der Waals surface area contributed by atoms with Gasteiger partial charge in [-0.3, -0.25) is 4.79 Å². The van der Waals surface area contributed by atoms with Gasteiger partial charge in [0.1, 0.15) is 18.1 Å². The first-order valence-corrected chi connectivity index (χ1v) is 7.68. The molecule has 24 heavy (non-hydrogen) atoms. The first-order valence-electron chi connectivity index (χ1n) is 7.68. The molecule has 0 fully saturated rings. The summed E-state index contributed by atoms with van der Waals surface area (Å²) in [7, 11) is 0. The molecule has 2 N–H and O–H groups in total. The van der Waals surface area contributed by atoms with Crippen LogP contribution in [0.1, 0.15) is 27.3 Å². The molecule has 0 unspecified atom stereocenters. The zero-order chi connectivity index (χ0) is 16.9. The third-order valence-corrected chi connectivity index (χ3v) is 3.63. The summed E-state index contributed by atoms with van der Waals surface area (Å²) in [4.78, 5) is 16.7. The van der Waals surface area contributed by atoms with Crippen molar-refractivity contribution in [3.05, 3.63) is 89.2 Å². The molecule has 4 nitrogen and oxygen atoms in total. The molecule has 1 heterocycles. The molecule has 0 atom stereocenters. The minimum Gasteiger partial charge on any atom is -0.487 e. The van der Waals surface area contributed by atoms with E-state index in [1.165, 1.54) is 0 Å². The molecule has 0 saturated carbocycles. The number of nitrogens with zero attached hydrogens (tertiary/aromatic N) is 1. The average Bonchev–Trinajstić information content (AvgIpc) is 2.61. The number of nitrogen functional groups attached to an aromatic ring is 1. The number of hydrogen-bond donors (Lipinski definition) is 1. The lowest BCUT2D eigenvalue weighted by molar-refractivity contribution is 0.103. The highest BCUT2D eigenvalue weighted by molar-refractivity contribution is 6.08. The van der Waals surface area contributed by atoms with Gasteiger partial charge >= 0.3 is 0 Å². The highest BCUT2D eigenvalue weighted by Crippen LogP contribution is 2.24. The number of rotatable bonds is 5. The summed E-state index contributed by atoms with van der Waals surface area (Å²) in [6, 6.07) is 20.3. The zero-order valence-corrected chi connectivity index (χ0v) is 13.4. The lowest BCUT2D eigenvalue weighted by Crippen LogP contribution is -2.06. The third kappa shape index (κ3) is 3.60. The normalized spacial score (nSPS) is 10.4. The van der Waals surface area contributed by atoms with E-state index >= 15 is 0 Å². The van der Waals surface area contributed by atoms with Crippen molar-refractivity contribution in [1.82, 2.24) is 4.98 Å². The van der Waals surface area contributed by atoms with E-state index in [0.29, 0.717) is 29.3 Å². The summed E-state index contributed by atoms with van der Waals surface area (Å²) in [6.07, 6.45) is 0. The van der Waals surface area contributed by atoms with Crippen molar-refractivity contribution in [2.45, 2.75) is 13.5 Å². The van der Waals surface area contributed by atoms with E-state index < -0.39 is 0 Å². The number of ether oxygens (including phenoxy) is 1. The molecule has 0 amide bonds. The Morgan fingerprint density at radius 1 is 1.04 bits per heavy atom. The van der Waals surface area contributed by atoms with E-state index in [0.717, 1.165) is 11.3 Å². The van der Waals surface area contributed by atoms with E-state index in [1.807, 2.05) is 49.4 Å². The average molecular weight is 318 g/mol. The molecule has 4 heteroatoms. The summed E-state index contributed by atoms with van der Waals surface area (Å²) in [6.45, 7) is 2.28. The number of ketones is 1. The van der Waals surface area contributed by atoms with Crippen LogP contribution in [0.25, 0.3) is 0 Å². The van der Waals surface area contributed by atoms with Gasteiger partial charge in [-0.25, -0.2) is 4.98 Å². The Morgan fingerprint density at radius 2 is 1.83 bits per heavy atom. The maximum Gasteiger partial charge on any atom is 0.211 e. The lowest BCUT2D eigenvalue weighted by atomic mass is 10.1. The monoisotopic (exact) mass is 318 g/mol. The predicted molar refractivity (Wildman–Crippen MR) is 94.0 cm³/mol. The number of benzene rings is 2. The molecular weight excluding hydrogens is 300 g/mol. The van der Waals surface area contributed by atoms with Crippen molar-refractivity contribution < 1.29 is 9.53 Å². The van der Waals surface area contributed by atoms with Crippen LogP contribution < -0.4 is 10.5 Å². The summed E-state index contributed by atoms with van der Waals surface area (Å²) < 4.78 is 5.73. The van der Waals surface area contributed by atoms with E-state index in [1.54, 1.807) is 24.3 Å². The number of aryl methyl sites for hydroxylation is 1. The van der Waals surface area contributed by atoms with Crippen LogP contribution in [-0.2, 0) is 6.61 Å². The molecule has 3 aromatic rings. The number of carbonyl (C=O) groups is 1. The van der Waals surface area contributed by atoms with Crippen LogP contribution in [0.4, 0.5) is 5.69 Å². The maximum absolute atomic E-state index is 12.5. The minimum atomic E-state index is -0.153. The van der Waals surface area contributed by atoms with Crippen LogP contribution in [0.5, 0.6) is 5.75 Å². The smallest absolute Gasteiger partial charge is 0.211 e. The standard InChI is InChI=1S/C20H18N2O2/c1-14-6-5-9-18(22-14)20(23)16-10-11-19(17(21)12-16)24-13-15-7-3-2-4-8-15/h2-12H,13,21H2,1H3. The molecule has 3 rings (SSSR count). The van der Waals surface area contributed by atoms with Gasteiger partial charge in [0.25, 0.3) is 0 Å². The summed E-state index contributed by atoms with van der Waals surface area (Å²) in [5.74, 6) is 0.410. The van der Waals surface area contributed by atoms with Gasteiger partial charge in [-0.2, -0.15) is 0 Å². The Hall–Kier alpha value is -3.14. The molecule has 0 radical (unpaired) electrons. The minimum absolute atomic E-state index is 0.153. The largest absolute Gasteiger partial charge is 0.487 e. The molecule has 0 saturated heterocycles. The first-order chi connectivity index (χ1) is 11.6. The second-order valence-electron chi connectivity index (χ2n) is 5.52. The topological polar surface area (TPSA) is 65.2 Å². The number of pyridine rings is 1. The van der Waals surface area contributed by atoms with Gasteiger partial charge in [0, 0.05) is 11.3 Å². The van der Waals surface area contributed by atoms with Crippen LogP contribution in [0, 0.1) is 6.92 Å². The fourth-order valence-corrected chi connectivity index (χ4v) is 2.37. The fraction of sp³-hybridized carbons (Fsp3) is 0.100. The van der Waals surface area contributed by atoms with Crippen LogP contribution in [0.15, 0.2) is 66.7 Å². The number of anilines is 1. The van der Waals surface area contributed by atoms with Gasteiger partial charge in [0.15, 0.2) is 0 Å². The second kappa shape index (κ2) is 6.96. The van der Waals surface area contributed by atoms with Crippen molar-refractivity contribution in [2.75, 3.05) is 5.73 Å². The summed E-state index contributed by atoms with van der Waals surface area (Å²) >= 11 is 0. The number of carbonyl (C=O) groups excluding carboxylic acids is 1. The van der Waals surface area contributed by atoms with Crippen LogP contribution >= 0.6 is 0 Å². The maximum atomic E-state index is 12.5. The van der Waals surface area contributed by atoms with Crippen molar-refractivity contribution >= 4 is 11.5 Å². The Labute approximate surface area is 140 Å². The van der Waals surface area contributed by atoms with Crippen molar-refractivity contribution in [3.8, 4) is 5.75 Å². The van der Waals surface area contributed by atoms with E-state index in [-0.39, 0.29) is 5.78 Å². The van der Waals surface area contributed by atoms with Gasteiger partial charge in [-0.15, -0.1) is 0 Å². The molecule has 0 bridgehead atoms. The first kappa shape index (κ1) is 15.7. The second-order valence-corrected chi connectivity index (χ2v) is 5.52. The zero-order valence-electron chi connectivity index (χ0n) is 13.4. The Bertz CT molecular complexity index is 861. The molecule has 0 aliphatic rings. The molecule has 0 aliphatic heterocycles. The van der Waals surface area contributed by atoms with Crippen LogP contribution in [0.2, 0.25) is 0 Å². The number of hydrogen-bond acceptors (Lipinski definition) is 4. The quantitative estimate of drug-likeness (QED) is 0.574. The van der Waals surface area contributed by atoms with Crippen molar-refractivity contribution in [2.24, 2.45) is 0 Å². The summed E-state index contributed by atoms with van der Waals surface area (Å²) in [5, 5.41) is 0. The fourth-order valence-electron chi connectivity index (χ4n) is 2.37. The molecule has 1 aromatic heterocycles. The number of aromatic nitrogens is 1. The highest BCUT2D eigenvalue weighted by atomic mass is 16.5. The summed E-state index contributed by atoms with van der Waals surface area (Å²) in [5.41, 5.74) is 9.23. The SMILES string of the molecule is Cc1cccc(C(=O)c2ccc(OCc3ccccc3)c(N)c2)n1. The Morgan fingerprint density at radius 3 is 2.54 bits per heavy atom. The highest BCUT2D eigenvalue weighted by Gasteiger charge is 2.13. The van der Waals surface area contributed by atoms with E-state index in [9.17, 15) is 4.79 Å². The number of nitrogens with two attached hydrogens (primary N) is 1. The lowest BCUT2D eigenvalue weighted by Gasteiger charge is -2.10. The van der Waals surface area contributed by atoms with Crippen LogP contribution in [-0.4, -0.2) is 10.8 Å². The van der Waals surface area contributed by atoms with E-state index in [4.69, 9.17) is 10.5 Å². The van der Waals surface area contributed by atoms with E-state index in [2.05, 4.69) is 4.98 Å². The third-order valence-electron chi connectivity index (χ3n) is 3.63. The predicted octanol–water partition coefficient (Wildman–Crippen LogP) is 3.78.